The fourth-order valence-electron chi connectivity index (χ4n) is 2.92. The standard InChI is InChI=1S/C14H22N5O5P/c1-8(2)24-25(20,21)22-6-10-4-9(3)12(23-10)11-5-16-14-13(15)17-7-18-19(11)14/h5,7-10,12H,4,6H2,1-3H3,(H,20,21)(H2,15,17,18). The quantitative estimate of drug-likeness (QED) is 0.728. The summed E-state index contributed by atoms with van der Waals surface area (Å²) in [5.41, 5.74) is 7.02. The number of fused-ring (bicyclic) bond motifs is 1. The second-order valence-electron chi connectivity index (χ2n) is 6.37. The number of nitrogens with two attached hydrogens (primary N) is 1. The molecule has 11 heteroatoms. The normalized spacial score (nSPS) is 26.4. The van der Waals surface area contributed by atoms with Gasteiger partial charge in [-0.3, -0.25) is 9.05 Å². The molecule has 0 radical (unpaired) electrons. The van der Waals surface area contributed by atoms with Crippen LogP contribution in [0, 0.1) is 5.92 Å². The zero-order chi connectivity index (χ0) is 18.2. The van der Waals surface area contributed by atoms with Crippen LogP contribution in [-0.2, 0) is 18.3 Å². The van der Waals surface area contributed by atoms with E-state index in [1.54, 1.807) is 24.6 Å². The second-order valence-corrected chi connectivity index (χ2v) is 7.78. The third kappa shape index (κ3) is 3.99. The Balaban J connectivity index is 1.69. The van der Waals surface area contributed by atoms with Crippen LogP contribution < -0.4 is 5.73 Å². The van der Waals surface area contributed by atoms with Gasteiger partial charge in [0, 0.05) is 0 Å². The molecule has 0 bridgehead atoms. The maximum absolute atomic E-state index is 11.8. The molecule has 0 spiro atoms. The van der Waals surface area contributed by atoms with Crippen LogP contribution >= 0.6 is 7.82 Å². The van der Waals surface area contributed by atoms with Crippen molar-refractivity contribution in [3.05, 3.63) is 18.2 Å². The minimum atomic E-state index is -4.08. The summed E-state index contributed by atoms with van der Waals surface area (Å²) in [6, 6.07) is 0. The molecule has 1 saturated heterocycles. The van der Waals surface area contributed by atoms with Gasteiger partial charge in [0.15, 0.2) is 11.5 Å². The lowest BCUT2D eigenvalue weighted by atomic mass is 10.00. The molecule has 138 valence electrons. The minimum absolute atomic E-state index is 0.0325. The number of hydrogen-bond donors (Lipinski definition) is 2. The third-order valence-corrected chi connectivity index (χ3v) is 5.07. The van der Waals surface area contributed by atoms with Crippen molar-refractivity contribution in [3.8, 4) is 0 Å². The van der Waals surface area contributed by atoms with Crippen LogP contribution in [0.2, 0.25) is 0 Å². The highest BCUT2D eigenvalue weighted by molar-refractivity contribution is 7.47. The van der Waals surface area contributed by atoms with Crippen molar-refractivity contribution in [3.63, 3.8) is 0 Å². The smallest absolute Gasteiger partial charge is 0.381 e. The Hall–Kier alpha value is -1.58. The second kappa shape index (κ2) is 6.97. The summed E-state index contributed by atoms with van der Waals surface area (Å²) >= 11 is 0. The molecule has 2 aromatic heterocycles. The number of imidazole rings is 1. The third-order valence-electron chi connectivity index (χ3n) is 3.91. The number of phosphoric ester groups is 1. The monoisotopic (exact) mass is 371 g/mol. The summed E-state index contributed by atoms with van der Waals surface area (Å²) in [5, 5.41) is 4.17. The van der Waals surface area contributed by atoms with Crippen molar-refractivity contribution < 1.29 is 23.2 Å². The zero-order valence-electron chi connectivity index (χ0n) is 14.3. The largest absolute Gasteiger partial charge is 0.472 e. The van der Waals surface area contributed by atoms with Gasteiger partial charge < -0.3 is 15.4 Å². The van der Waals surface area contributed by atoms with E-state index in [0.29, 0.717) is 17.9 Å². The molecule has 1 fully saturated rings. The van der Waals surface area contributed by atoms with Gasteiger partial charge in [0.25, 0.3) is 0 Å². The average molecular weight is 371 g/mol. The maximum atomic E-state index is 11.8. The van der Waals surface area contributed by atoms with Crippen LogP contribution in [0.3, 0.4) is 0 Å². The van der Waals surface area contributed by atoms with Crippen molar-refractivity contribution in [1.29, 1.82) is 0 Å². The van der Waals surface area contributed by atoms with E-state index in [1.165, 1.54) is 6.33 Å². The first-order chi connectivity index (χ1) is 11.8. The number of nitrogen functional groups attached to an aromatic ring is 1. The summed E-state index contributed by atoms with van der Waals surface area (Å²) in [6.07, 6.45) is 2.67. The summed E-state index contributed by atoms with van der Waals surface area (Å²) < 4.78 is 29.3. The Morgan fingerprint density at radius 1 is 1.52 bits per heavy atom. The fraction of sp³-hybridized carbons (Fsp3) is 0.643. The lowest BCUT2D eigenvalue weighted by Crippen LogP contribution is -2.16. The molecule has 0 aromatic carbocycles. The highest BCUT2D eigenvalue weighted by Gasteiger charge is 2.37. The average Bonchev–Trinajstić information content (AvgIpc) is 3.08. The summed E-state index contributed by atoms with van der Waals surface area (Å²) in [4.78, 5) is 17.8. The molecule has 3 N–H and O–H groups in total. The Bertz CT molecular complexity index is 797. The van der Waals surface area contributed by atoms with Gasteiger partial charge >= 0.3 is 7.82 Å². The van der Waals surface area contributed by atoms with E-state index in [0.717, 1.165) is 5.69 Å². The summed E-state index contributed by atoms with van der Waals surface area (Å²) in [7, 11) is -4.08. The van der Waals surface area contributed by atoms with Crippen molar-refractivity contribution in [1.82, 2.24) is 19.6 Å². The van der Waals surface area contributed by atoms with Gasteiger partial charge in [0.05, 0.1) is 30.7 Å². The first kappa shape index (κ1) is 18.2. The number of phosphoric acid groups is 1. The number of nitrogens with zero attached hydrogens (tertiary/aromatic N) is 4. The Labute approximate surface area is 144 Å². The molecular formula is C14H22N5O5P. The lowest BCUT2D eigenvalue weighted by Gasteiger charge is -2.17. The van der Waals surface area contributed by atoms with E-state index in [-0.39, 0.29) is 24.7 Å². The van der Waals surface area contributed by atoms with Gasteiger partial charge in [-0.05, 0) is 26.2 Å². The van der Waals surface area contributed by atoms with Crippen molar-refractivity contribution in [2.45, 2.75) is 45.5 Å². The molecular weight excluding hydrogens is 349 g/mol. The Morgan fingerprint density at radius 2 is 2.28 bits per heavy atom. The Morgan fingerprint density at radius 3 is 3.00 bits per heavy atom. The summed E-state index contributed by atoms with van der Waals surface area (Å²) in [6.45, 7) is 5.32. The number of hydrogen-bond acceptors (Lipinski definition) is 8. The van der Waals surface area contributed by atoms with E-state index in [9.17, 15) is 9.46 Å². The molecule has 0 amide bonds. The van der Waals surface area contributed by atoms with Crippen LogP contribution in [0.5, 0.6) is 0 Å². The molecule has 10 nitrogen and oxygen atoms in total. The van der Waals surface area contributed by atoms with E-state index >= 15 is 0 Å². The van der Waals surface area contributed by atoms with Gasteiger partial charge in [-0.25, -0.2) is 19.0 Å². The molecule has 4 atom stereocenters. The van der Waals surface area contributed by atoms with Gasteiger partial charge in [0.2, 0.25) is 0 Å². The van der Waals surface area contributed by atoms with E-state index in [2.05, 4.69) is 15.1 Å². The SMILES string of the molecule is CC(C)OP(=O)(O)OCC1CC(C)C(c2cnc3c(N)ncnn23)O1. The molecule has 1 aliphatic heterocycles. The molecule has 25 heavy (non-hydrogen) atoms. The van der Waals surface area contributed by atoms with Crippen LogP contribution in [0.15, 0.2) is 12.5 Å². The number of rotatable bonds is 6. The number of ether oxygens (including phenoxy) is 1. The predicted molar refractivity (Wildman–Crippen MR) is 88.6 cm³/mol. The molecule has 0 aliphatic carbocycles. The van der Waals surface area contributed by atoms with Crippen LogP contribution in [0.4, 0.5) is 5.82 Å². The number of aromatic nitrogens is 4. The zero-order valence-corrected chi connectivity index (χ0v) is 15.2. The highest BCUT2D eigenvalue weighted by Crippen LogP contribution is 2.46. The molecule has 4 unspecified atom stereocenters. The van der Waals surface area contributed by atoms with E-state index in [4.69, 9.17) is 19.5 Å². The van der Waals surface area contributed by atoms with E-state index in [1.807, 2.05) is 6.92 Å². The van der Waals surface area contributed by atoms with Crippen LogP contribution in [0.1, 0.15) is 39.0 Å². The van der Waals surface area contributed by atoms with Crippen molar-refractivity contribution in [2.75, 3.05) is 12.3 Å². The van der Waals surface area contributed by atoms with E-state index < -0.39 is 13.9 Å². The van der Waals surface area contributed by atoms with Gasteiger partial charge in [0.1, 0.15) is 12.4 Å². The topological polar surface area (TPSA) is 134 Å². The lowest BCUT2D eigenvalue weighted by molar-refractivity contribution is -0.00236. The van der Waals surface area contributed by atoms with Gasteiger partial charge in [-0.15, -0.1) is 0 Å². The first-order valence-electron chi connectivity index (χ1n) is 8.02. The maximum Gasteiger partial charge on any atom is 0.472 e. The first-order valence-corrected chi connectivity index (χ1v) is 9.51. The van der Waals surface area contributed by atoms with Crippen LogP contribution in [0.25, 0.3) is 5.65 Å². The molecule has 0 saturated carbocycles. The minimum Gasteiger partial charge on any atom is -0.381 e. The predicted octanol–water partition coefficient (Wildman–Crippen LogP) is 1.71. The molecule has 3 rings (SSSR count). The van der Waals surface area contributed by atoms with Crippen molar-refractivity contribution in [2.24, 2.45) is 5.92 Å². The van der Waals surface area contributed by atoms with Gasteiger partial charge in [-0.1, -0.05) is 6.92 Å². The number of anilines is 1. The fourth-order valence-corrected chi connectivity index (χ4v) is 3.87. The molecule has 2 aromatic rings. The Kier molecular flexibility index (Phi) is 5.08. The van der Waals surface area contributed by atoms with Crippen molar-refractivity contribution >= 4 is 19.3 Å². The highest BCUT2D eigenvalue weighted by atomic mass is 31.2. The molecule has 3 heterocycles. The summed E-state index contributed by atoms with van der Waals surface area (Å²) in [5.74, 6) is 0.438. The molecule has 1 aliphatic rings. The van der Waals surface area contributed by atoms with Crippen LogP contribution in [-0.4, -0.2) is 43.3 Å². The van der Waals surface area contributed by atoms with Gasteiger partial charge in [-0.2, -0.15) is 5.10 Å².